The zero-order valence-corrected chi connectivity index (χ0v) is 11.9. The van der Waals surface area contributed by atoms with E-state index in [9.17, 15) is 4.79 Å². The maximum atomic E-state index is 11.6. The molecule has 1 aliphatic heterocycles. The smallest absolute Gasteiger partial charge is 0.337 e. The largest absolute Gasteiger partial charge is 0.491 e. The first-order valence-electron chi connectivity index (χ1n) is 7.32. The van der Waals surface area contributed by atoms with Crippen molar-refractivity contribution in [3.05, 3.63) is 23.8 Å². The molecule has 2 aliphatic rings. The molecule has 0 atom stereocenters. The number of rotatable bonds is 1. The van der Waals surface area contributed by atoms with Crippen molar-refractivity contribution < 1.29 is 14.3 Å². The number of fused-ring (bicyclic) bond motifs is 1. The summed E-state index contributed by atoms with van der Waals surface area (Å²) in [6, 6.07) is 5.46. The van der Waals surface area contributed by atoms with E-state index in [2.05, 4.69) is 5.32 Å². The zero-order valence-electron chi connectivity index (χ0n) is 11.9. The summed E-state index contributed by atoms with van der Waals surface area (Å²) in [5, 5.41) is 3.49. The lowest BCUT2D eigenvalue weighted by atomic mass is 9.74. The topological polar surface area (TPSA) is 47.6 Å². The standard InChI is InChI=1S/C16H21NO3/c1-19-15(18)12-5-6-13-14(9-12)20-11-16(10-17-13)7-3-2-4-8-16/h5-6,9,17H,2-4,7-8,10-11H2,1H3. The Bertz CT molecular complexity index is 506. The number of hydrogen-bond donors (Lipinski definition) is 1. The normalized spacial score (nSPS) is 20.2. The van der Waals surface area contributed by atoms with Crippen molar-refractivity contribution in [2.75, 3.05) is 25.6 Å². The third kappa shape index (κ3) is 2.47. The average Bonchev–Trinajstić information content (AvgIpc) is 2.67. The second kappa shape index (κ2) is 5.35. The van der Waals surface area contributed by atoms with Gasteiger partial charge in [0.05, 0.1) is 25.0 Å². The lowest BCUT2D eigenvalue weighted by molar-refractivity contribution is 0.0600. The summed E-state index contributed by atoms with van der Waals surface area (Å²) >= 11 is 0. The number of esters is 1. The summed E-state index contributed by atoms with van der Waals surface area (Å²) in [4.78, 5) is 11.6. The van der Waals surface area contributed by atoms with Gasteiger partial charge in [-0.15, -0.1) is 0 Å². The van der Waals surface area contributed by atoms with Crippen LogP contribution in [-0.2, 0) is 4.74 Å². The van der Waals surface area contributed by atoms with Gasteiger partial charge in [0.15, 0.2) is 0 Å². The molecule has 0 unspecified atom stereocenters. The molecule has 1 N–H and O–H groups in total. The fourth-order valence-corrected chi connectivity index (χ4v) is 3.22. The van der Waals surface area contributed by atoms with Crippen LogP contribution < -0.4 is 10.1 Å². The van der Waals surface area contributed by atoms with Crippen molar-refractivity contribution in [1.29, 1.82) is 0 Å². The lowest BCUT2D eigenvalue weighted by Crippen LogP contribution is -2.36. The monoisotopic (exact) mass is 275 g/mol. The second-order valence-electron chi connectivity index (χ2n) is 5.91. The molecule has 0 saturated heterocycles. The van der Waals surface area contributed by atoms with E-state index in [4.69, 9.17) is 9.47 Å². The Kier molecular flexibility index (Phi) is 3.55. The Balaban J connectivity index is 1.81. The first-order valence-corrected chi connectivity index (χ1v) is 7.32. The van der Waals surface area contributed by atoms with Gasteiger partial charge in [0, 0.05) is 12.0 Å². The predicted octanol–water partition coefficient (Wildman–Crippen LogP) is 3.23. The van der Waals surface area contributed by atoms with Gasteiger partial charge in [-0.25, -0.2) is 4.79 Å². The summed E-state index contributed by atoms with van der Waals surface area (Å²) in [5.41, 5.74) is 1.76. The highest BCUT2D eigenvalue weighted by atomic mass is 16.5. The summed E-state index contributed by atoms with van der Waals surface area (Å²) in [7, 11) is 1.39. The number of benzene rings is 1. The van der Waals surface area contributed by atoms with Gasteiger partial charge in [-0.2, -0.15) is 0 Å². The molecule has 1 spiro atoms. The van der Waals surface area contributed by atoms with E-state index in [1.165, 1.54) is 39.2 Å². The van der Waals surface area contributed by atoms with Crippen molar-refractivity contribution in [3.8, 4) is 5.75 Å². The van der Waals surface area contributed by atoms with E-state index in [-0.39, 0.29) is 11.4 Å². The molecular formula is C16H21NO3. The molecule has 0 bridgehead atoms. The van der Waals surface area contributed by atoms with Crippen molar-refractivity contribution in [3.63, 3.8) is 0 Å². The van der Waals surface area contributed by atoms with Crippen molar-refractivity contribution in [2.24, 2.45) is 5.41 Å². The average molecular weight is 275 g/mol. The maximum absolute atomic E-state index is 11.6. The van der Waals surface area contributed by atoms with E-state index in [1.54, 1.807) is 12.1 Å². The highest BCUT2D eigenvalue weighted by Gasteiger charge is 2.35. The maximum Gasteiger partial charge on any atom is 0.337 e. The highest BCUT2D eigenvalue weighted by Crippen LogP contribution is 2.40. The predicted molar refractivity (Wildman–Crippen MR) is 77.3 cm³/mol. The summed E-state index contributed by atoms with van der Waals surface area (Å²) in [5.74, 6) is 0.434. The molecule has 1 aromatic carbocycles. The zero-order chi connectivity index (χ0) is 14.0. The number of ether oxygens (including phenoxy) is 2. The number of nitrogens with one attached hydrogen (secondary N) is 1. The molecule has 1 saturated carbocycles. The SMILES string of the molecule is COC(=O)c1ccc2c(c1)OCC1(CCCCC1)CN2. The van der Waals surface area contributed by atoms with Crippen LogP contribution in [-0.4, -0.2) is 26.2 Å². The van der Waals surface area contributed by atoms with Gasteiger partial charge in [0.2, 0.25) is 0 Å². The Hall–Kier alpha value is -1.71. The van der Waals surface area contributed by atoms with E-state index in [0.29, 0.717) is 5.56 Å². The first-order chi connectivity index (χ1) is 9.72. The Morgan fingerprint density at radius 3 is 2.85 bits per heavy atom. The number of carbonyl (C=O) groups excluding carboxylic acids is 1. The quantitative estimate of drug-likeness (QED) is 0.799. The number of hydrogen-bond acceptors (Lipinski definition) is 4. The molecule has 1 aromatic rings. The van der Waals surface area contributed by atoms with Crippen LogP contribution in [0.5, 0.6) is 5.75 Å². The Labute approximate surface area is 119 Å². The summed E-state index contributed by atoms with van der Waals surface area (Å²) in [6.07, 6.45) is 6.35. The number of methoxy groups -OCH3 is 1. The van der Waals surface area contributed by atoms with Crippen molar-refractivity contribution in [1.82, 2.24) is 0 Å². The fourth-order valence-electron chi connectivity index (χ4n) is 3.22. The van der Waals surface area contributed by atoms with Crippen molar-refractivity contribution in [2.45, 2.75) is 32.1 Å². The van der Waals surface area contributed by atoms with E-state index >= 15 is 0 Å². The lowest BCUT2D eigenvalue weighted by Gasteiger charge is -2.35. The van der Waals surface area contributed by atoms with Crippen LogP contribution in [0.2, 0.25) is 0 Å². The van der Waals surface area contributed by atoms with Gasteiger partial charge in [-0.1, -0.05) is 19.3 Å². The molecule has 3 rings (SSSR count). The second-order valence-corrected chi connectivity index (χ2v) is 5.91. The van der Waals surface area contributed by atoms with Gasteiger partial charge in [0.25, 0.3) is 0 Å². The minimum atomic E-state index is -0.326. The van der Waals surface area contributed by atoms with Crippen LogP contribution in [0, 0.1) is 5.41 Å². The van der Waals surface area contributed by atoms with Crippen LogP contribution in [0.4, 0.5) is 5.69 Å². The van der Waals surface area contributed by atoms with E-state index in [1.807, 2.05) is 6.07 Å². The van der Waals surface area contributed by atoms with E-state index in [0.717, 1.165) is 24.6 Å². The molecule has 1 heterocycles. The molecule has 1 aliphatic carbocycles. The van der Waals surface area contributed by atoms with Crippen LogP contribution in [0.1, 0.15) is 42.5 Å². The number of carbonyl (C=O) groups is 1. The summed E-state index contributed by atoms with van der Waals surface area (Å²) in [6.45, 7) is 1.69. The van der Waals surface area contributed by atoms with Crippen LogP contribution in [0.3, 0.4) is 0 Å². The third-order valence-electron chi connectivity index (χ3n) is 4.50. The van der Waals surface area contributed by atoms with Gasteiger partial charge < -0.3 is 14.8 Å². The van der Waals surface area contributed by atoms with Crippen LogP contribution in [0.25, 0.3) is 0 Å². The Morgan fingerprint density at radius 2 is 2.10 bits per heavy atom. The fraction of sp³-hybridized carbons (Fsp3) is 0.562. The van der Waals surface area contributed by atoms with Crippen LogP contribution >= 0.6 is 0 Å². The molecule has 0 radical (unpaired) electrons. The number of anilines is 1. The van der Waals surface area contributed by atoms with Gasteiger partial charge in [-0.05, 0) is 31.0 Å². The highest BCUT2D eigenvalue weighted by molar-refractivity contribution is 5.90. The van der Waals surface area contributed by atoms with Gasteiger partial charge in [0.1, 0.15) is 5.75 Å². The molecule has 4 nitrogen and oxygen atoms in total. The molecule has 0 aromatic heterocycles. The molecular weight excluding hydrogens is 254 g/mol. The summed E-state index contributed by atoms with van der Waals surface area (Å²) < 4.78 is 10.8. The third-order valence-corrected chi connectivity index (χ3v) is 4.50. The van der Waals surface area contributed by atoms with Crippen LogP contribution in [0.15, 0.2) is 18.2 Å². The molecule has 108 valence electrons. The van der Waals surface area contributed by atoms with E-state index < -0.39 is 0 Å². The van der Waals surface area contributed by atoms with Gasteiger partial charge in [-0.3, -0.25) is 0 Å². The minimum Gasteiger partial charge on any atom is -0.491 e. The minimum absolute atomic E-state index is 0.253. The van der Waals surface area contributed by atoms with Crippen molar-refractivity contribution >= 4 is 11.7 Å². The van der Waals surface area contributed by atoms with Gasteiger partial charge >= 0.3 is 5.97 Å². The molecule has 1 fully saturated rings. The molecule has 4 heteroatoms. The Morgan fingerprint density at radius 1 is 1.30 bits per heavy atom. The first kappa shape index (κ1) is 13.3. The molecule has 0 amide bonds. The molecule has 20 heavy (non-hydrogen) atoms.